The van der Waals surface area contributed by atoms with Crippen molar-refractivity contribution in [3.63, 3.8) is 0 Å². The largest absolute Gasteiger partial charge is 0.480 e. The maximum absolute atomic E-state index is 10.6. The fourth-order valence-corrected chi connectivity index (χ4v) is 1.97. The number of halogens is 1. The van der Waals surface area contributed by atoms with Gasteiger partial charge in [0, 0.05) is 20.7 Å². The lowest BCUT2D eigenvalue weighted by atomic mass is 10.2. The normalized spacial score (nSPS) is 10.6. The summed E-state index contributed by atoms with van der Waals surface area (Å²) in [7, 11) is 0. The summed E-state index contributed by atoms with van der Waals surface area (Å²) in [4.78, 5) is 10.6. The molecule has 0 aliphatic heterocycles. The fourth-order valence-electron chi connectivity index (χ4n) is 1.45. The van der Waals surface area contributed by atoms with Crippen molar-refractivity contribution < 1.29 is 9.90 Å². The highest BCUT2D eigenvalue weighted by atomic mass is 127. The third kappa shape index (κ3) is 1.75. The van der Waals surface area contributed by atoms with E-state index in [-0.39, 0.29) is 6.54 Å². The maximum Gasteiger partial charge on any atom is 0.323 e. The zero-order chi connectivity index (χ0) is 10.1. The molecule has 2 aromatic rings. The number of hydrogen-bond acceptors (Lipinski definition) is 1. The summed E-state index contributed by atoms with van der Waals surface area (Å²) < 4.78 is 2.89. The van der Waals surface area contributed by atoms with Crippen molar-refractivity contribution in [3.8, 4) is 0 Å². The molecule has 0 aliphatic carbocycles. The molecule has 14 heavy (non-hydrogen) atoms. The standard InChI is InChI=1S/C10H8INO2/c11-8-1-2-9-7(5-8)3-4-12(9)6-10(13)14/h1-5H,6H2,(H,13,14). The molecule has 0 bridgehead atoms. The van der Waals surface area contributed by atoms with Crippen LogP contribution in [-0.2, 0) is 11.3 Å². The average molecular weight is 301 g/mol. The van der Waals surface area contributed by atoms with Crippen LogP contribution in [0, 0.1) is 3.57 Å². The summed E-state index contributed by atoms with van der Waals surface area (Å²) in [5.74, 6) is -0.818. The van der Waals surface area contributed by atoms with Gasteiger partial charge in [-0.2, -0.15) is 0 Å². The van der Waals surface area contributed by atoms with E-state index in [9.17, 15) is 4.79 Å². The quantitative estimate of drug-likeness (QED) is 0.865. The second-order valence-corrected chi connectivity index (χ2v) is 4.29. The first-order chi connectivity index (χ1) is 6.66. The van der Waals surface area contributed by atoms with Crippen molar-refractivity contribution in [2.24, 2.45) is 0 Å². The third-order valence-corrected chi connectivity index (χ3v) is 2.71. The van der Waals surface area contributed by atoms with Crippen molar-refractivity contribution in [1.29, 1.82) is 0 Å². The minimum atomic E-state index is -0.818. The Balaban J connectivity index is 2.52. The molecule has 0 saturated heterocycles. The van der Waals surface area contributed by atoms with Crippen molar-refractivity contribution in [2.45, 2.75) is 6.54 Å². The first kappa shape index (κ1) is 9.51. The van der Waals surface area contributed by atoms with Crippen molar-refractivity contribution in [2.75, 3.05) is 0 Å². The Kier molecular flexibility index (Phi) is 2.45. The van der Waals surface area contributed by atoms with Crippen LogP contribution in [0.5, 0.6) is 0 Å². The summed E-state index contributed by atoms with van der Waals surface area (Å²) in [6.45, 7) is 0.0179. The summed E-state index contributed by atoms with van der Waals surface area (Å²) in [6.07, 6.45) is 1.80. The first-order valence-electron chi connectivity index (χ1n) is 4.13. The van der Waals surface area contributed by atoms with Gasteiger partial charge in [-0.15, -0.1) is 0 Å². The Morgan fingerprint density at radius 2 is 2.21 bits per heavy atom. The highest BCUT2D eigenvalue weighted by molar-refractivity contribution is 14.1. The van der Waals surface area contributed by atoms with Crippen LogP contribution in [0.2, 0.25) is 0 Å². The molecule has 1 heterocycles. The molecule has 72 valence electrons. The lowest BCUT2D eigenvalue weighted by molar-refractivity contribution is -0.137. The minimum absolute atomic E-state index is 0.0179. The lowest BCUT2D eigenvalue weighted by Crippen LogP contribution is -2.06. The number of aromatic nitrogens is 1. The molecule has 1 aromatic carbocycles. The number of benzene rings is 1. The van der Waals surface area contributed by atoms with Gasteiger partial charge >= 0.3 is 5.97 Å². The SMILES string of the molecule is O=C(O)Cn1ccc2cc(I)ccc21. The van der Waals surface area contributed by atoms with Crippen LogP contribution in [0.3, 0.4) is 0 Å². The van der Waals surface area contributed by atoms with Gasteiger partial charge in [-0.3, -0.25) is 4.79 Å². The first-order valence-corrected chi connectivity index (χ1v) is 5.21. The van der Waals surface area contributed by atoms with Crippen molar-refractivity contribution >= 4 is 39.5 Å². The number of hydrogen-bond donors (Lipinski definition) is 1. The molecule has 0 unspecified atom stereocenters. The van der Waals surface area contributed by atoms with Crippen LogP contribution < -0.4 is 0 Å². The van der Waals surface area contributed by atoms with E-state index in [1.165, 1.54) is 0 Å². The van der Waals surface area contributed by atoms with Crippen LogP contribution in [0.25, 0.3) is 10.9 Å². The Morgan fingerprint density at radius 3 is 2.93 bits per heavy atom. The number of carboxylic acid groups (broad SMARTS) is 1. The van der Waals surface area contributed by atoms with Gasteiger partial charge in [-0.05, 0) is 46.9 Å². The molecule has 0 atom stereocenters. The van der Waals surface area contributed by atoms with Crippen molar-refractivity contribution in [1.82, 2.24) is 4.57 Å². The number of carboxylic acids is 1. The molecule has 3 nitrogen and oxygen atoms in total. The Bertz CT molecular complexity index is 490. The predicted molar refractivity (Wildman–Crippen MR) is 62.3 cm³/mol. The lowest BCUT2D eigenvalue weighted by Gasteiger charge is -2.00. The number of nitrogens with zero attached hydrogens (tertiary/aromatic N) is 1. The Hall–Kier alpha value is -1.04. The third-order valence-electron chi connectivity index (χ3n) is 2.04. The van der Waals surface area contributed by atoms with E-state index in [2.05, 4.69) is 22.6 Å². The molecular formula is C10H8INO2. The van der Waals surface area contributed by atoms with Crippen LogP contribution in [-0.4, -0.2) is 15.6 Å². The number of aliphatic carboxylic acids is 1. The zero-order valence-electron chi connectivity index (χ0n) is 7.27. The molecule has 2 rings (SSSR count). The van der Waals surface area contributed by atoms with Crippen LogP contribution in [0.1, 0.15) is 0 Å². The molecule has 0 spiro atoms. The second-order valence-electron chi connectivity index (χ2n) is 3.04. The highest BCUT2D eigenvalue weighted by Crippen LogP contribution is 2.18. The van der Waals surface area contributed by atoms with Gasteiger partial charge in [0.1, 0.15) is 6.54 Å². The van der Waals surface area contributed by atoms with Gasteiger partial charge in [0.2, 0.25) is 0 Å². The van der Waals surface area contributed by atoms with Crippen LogP contribution in [0.15, 0.2) is 30.5 Å². The highest BCUT2D eigenvalue weighted by Gasteiger charge is 2.04. The van der Waals surface area contributed by atoms with E-state index in [1.807, 2.05) is 24.3 Å². The van der Waals surface area contributed by atoms with Gasteiger partial charge in [-0.25, -0.2) is 0 Å². The van der Waals surface area contributed by atoms with Crippen molar-refractivity contribution in [3.05, 3.63) is 34.0 Å². The summed E-state index contributed by atoms with van der Waals surface area (Å²) in [5, 5.41) is 9.76. The van der Waals surface area contributed by atoms with E-state index in [4.69, 9.17) is 5.11 Å². The number of rotatable bonds is 2. The molecule has 0 aliphatic rings. The Labute approximate surface area is 94.5 Å². The van der Waals surface area contributed by atoms with Gasteiger partial charge in [-0.1, -0.05) is 0 Å². The second kappa shape index (κ2) is 3.61. The van der Waals surface area contributed by atoms with Crippen LogP contribution >= 0.6 is 22.6 Å². The molecular weight excluding hydrogens is 293 g/mol. The monoisotopic (exact) mass is 301 g/mol. The van der Waals surface area contributed by atoms with E-state index >= 15 is 0 Å². The molecule has 4 heteroatoms. The summed E-state index contributed by atoms with van der Waals surface area (Å²) in [6, 6.07) is 7.88. The summed E-state index contributed by atoms with van der Waals surface area (Å²) >= 11 is 2.24. The maximum atomic E-state index is 10.6. The van der Waals surface area contributed by atoms with E-state index in [1.54, 1.807) is 10.8 Å². The fraction of sp³-hybridized carbons (Fsp3) is 0.100. The van der Waals surface area contributed by atoms with Gasteiger partial charge < -0.3 is 9.67 Å². The van der Waals surface area contributed by atoms with Gasteiger partial charge in [0.15, 0.2) is 0 Å². The summed E-state index contributed by atoms with van der Waals surface area (Å²) in [5.41, 5.74) is 0.966. The predicted octanol–water partition coefficient (Wildman–Crippen LogP) is 2.33. The molecule has 0 saturated carbocycles. The molecule has 1 aromatic heterocycles. The Morgan fingerprint density at radius 1 is 1.43 bits per heavy atom. The zero-order valence-corrected chi connectivity index (χ0v) is 9.43. The molecule has 0 radical (unpaired) electrons. The smallest absolute Gasteiger partial charge is 0.323 e. The van der Waals surface area contributed by atoms with E-state index in [0.717, 1.165) is 14.5 Å². The topological polar surface area (TPSA) is 42.2 Å². The molecule has 0 fully saturated rings. The van der Waals surface area contributed by atoms with E-state index in [0.29, 0.717) is 0 Å². The average Bonchev–Trinajstić information content (AvgIpc) is 2.47. The van der Waals surface area contributed by atoms with E-state index < -0.39 is 5.97 Å². The molecule has 0 amide bonds. The number of fused-ring (bicyclic) bond motifs is 1. The van der Waals surface area contributed by atoms with Gasteiger partial charge in [0.05, 0.1) is 0 Å². The van der Waals surface area contributed by atoms with Crippen LogP contribution in [0.4, 0.5) is 0 Å². The van der Waals surface area contributed by atoms with Gasteiger partial charge in [0.25, 0.3) is 0 Å². The number of carbonyl (C=O) groups is 1. The minimum Gasteiger partial charge on any atom is -0.480 e. The molecule has 1 N–H and O–H groups in total.